The van der Waals surface area contributed by atoms with Gasteiger partial charge in [0.25, 0.3) is 0 Å². The van der Waals surface area contributed by atoms with E-state index in [2.05, 4.69) is 21.2 Å². The van der Waals surface area contributed by atoms with Gasteiger partial charge in [0.1, 0.15) is 5.82 Å². The molecule has 8 nitrogen and oxygen atoms in total. The molecule has 1 saturated heterocycles. The number of para-hydroxylation sites is 1. The van der Waals surface area contributed by atoms with E-state index >= 15 is 0 Å². The first-order chi connectivity index (χ1) is 16.7. The first-order valence-electron chi connectivity index (χ1n) is 11.9. The van der Waals surface area contributed by atoms with Crippen LogP contribution >= 0.6 is 11.3 Å². The third-order valence-electron chi connectivity index (χ3n) is 5.87. The van der Waals surface area contributed by atoms with Crippen molar-refractivity contribution in [3.63, 3.8) is 0 Å². The number of benzene rings is 1. The Kier molecular flexibility index (Phi) is 9.20. The molecule has 3 aromatic rings. The second-order valence-corrected chi connectivity index (χ2v) is 9.20. The van der Waals surface area contributed by atoms with Crippen LogP contribution in [0.2, 0.25) is 0 Å². The Morgan fingerprint density at radius 2 is 2.03 bits per heavy atom. The third-order valence-corrected chi connectivity index (χ3v) is 6.73. The maximum Gasteiger partial charge on any atom is 0.221 e. The first-order valence-corrected chi connectivity index (χ1v) is 12.7. The van der Waals surface area contributed by atoms with Crippen LogP contribution in [0.15, 0.2) is 41.8 Å². The molecular formula is C25H33N5O3S. The van der Waals surface area contributed by atoms with Crippen LogP contribution in [-0.2, 0) is 14.3 Å². The van der Waals surface area contributed by atoms with Crippen LogP contribution in [0.5, 0.6) is 0 Å². The summed E-state index contributed by atoms with van der Waals surface area (Å²) in [5.41, 5.74) is 0.915. The minimum absolute atomic E-state index is 0.0204. The summed E-state index contributed by atoms with van der Waals surface area (Å²) in [6.45, 7) is 6.97. The van der Waals surface area contributed by atoms with Crippen molar-refractivity contribution in [2.24, 2.45) is 0 Å². The van der Waals surface area contributed by atoms with Crippen LogP contribution in [0.4, 0.5) is 5.82 Å². The smallest absolute Gasteiger partial charge is 0.221 e. The van der Waals surface area contributed by atoms with E-state index in [9.17, 15) is 4.79 Å². The lowest BCUT2D eigenvalue weighted by molar-refractivity contribution is -0.121. The van der Waals surface area contributed by atoms with E-state index in [0.29, 0.717) is 26.1 Å². The van der Waals surface area contributed by atoms with Gasteiger partial charge in [0.2, 0.25) is 5.91 Å². The van der Waals surface area contributed by atoms with Crippen molar-refractivity contribution in [2.75, 3.05) is 71.1 Å². The second-order valence-electron chi connectivity index (χ2n) is 8.25. The van der Waals surface area contributed by atoms with Crippen molar-refractivity contribution in [3.05, 3.63) is 41.8 Å². The van der Waals surface area contributed by atoms with E-state index in [0.717, 1.165) is 73.2 Å². The largest absolute Gasteiger partial charge is 0.383 e. The molecule has 0 unspecified atom stereocenters. The number of amides is 1. The lowest BCUT2D eigenvalue weighted by atomic mass is 10.2. The van der Waals surface area contributed by atoms with Crippen molar-refractivity contribution in [2.45, 2.75) is 12.8 Å². The molecule has 1 fully saturated rings. The Labute approximate surface area is 204 Å². The predicted octanol–water partition coefficient (Wildman–Crippen LogP) is 3.04. The van der Waals surface area contributed by atoms with Crippen LogP contribution in [0.25, 0.3) is 21.6 Å². The number of hydrogen-bond donors (Lipinski definition) is 1. The molecule has 3 heterocycles. The summed E-state index contributed by atoms with van der Waals surface area (Å²) >= 11 is 1.63. The van der Waals surface area contributed by atoms with Gasteiger partial charge in [0, 0.05) is 58.2 Å². The summed E-state index contributed by atoms with van der Waals surface area (Å²) in [6.07, 6.45) is 1.38. The van der Waals surface area contributed by atoms with Gasteiger partial charge >= 0.3 is 0 Å². The lowest BCUT2D eigenvalue weighted by Gasteiger charge is -2.29. The first kappa shape index (κ1) is 24.5. The molecule has 2 aromatic heterocycles. The Bertz CT molecular complexity index is 1040. The van der Waals surface area contributed by atoms with E-state index in [4.69, 9.17) is 19.4 Å². The SMILES string of the molecule is COCCNC(=O)CCN(CCCN1CCOCC1)c1nc(-c2cccs2)nc2ccccc12. The number of ether oxygens (including phenoxy) is 2. The number of morpholine rings is 1. The van der Waals surface area contributed by atoms with Gasteiger partial charge < -0.3 is 19.7 Å². The van der Waals surface area contributed by atoms with Gasteiger partial charge in [-0.15, -0.1) is 11.3 Å². The Balaban J connectivity index is 1.55. The van der Waals surface area contributed by atoms with Crippen LogP contribution in [-0.4, -0.2) is 87.0 Å². The molecule has 1 aliphatic heterocycles. The summed E-state index contributed by atoms with van der Waals surface area (Å²) in [5, 5.41) is 5.97. The number of fused-ring (bicyclic) bond motifs is 1. The third kappa shape index (κ3) is 6.73. The van der Waals surface area contributed by atoms with Crippen molar-refractivity contribution in [1.82, 2.24) is 20.2 Å². The van der Waals surface area contributed by atoms with Gasteiger partial charge in [-0.05, 0) is 30.0 Å². The second kappa shape index (κ2) is 12.8. The molecule has 0 radical (unpaired) electrons. The minimum Gasteiger partial charge on any atom is -0.383 e. The molecule has 0 saturated carbocycles. The molecule has 34 heavy (non-hydrogen) atoms. The van der Waals surface area contributed by atoms with Crippen LogP contribution < -0.4 is 10.2 Å². The molecule has 0 atom stereocenters. The summed E-state index contributed by atoms with van der Waals surface area (Å²) < 4.78 is 10.5. The number of hydrogen-bond acceptors (Lipinski definition) is 8. The average molecular weight is 484 g/mol. The van der Waals surface area contributed by atoms with E-state index < -0.39 is 0 Å². The Morgan fingerprint density at radius 3 is 2.82 bits per heavy atom. The van der Waals surface area contributed by atoms with E-state index in [-0.39, 0.29) is 5.91 Å². The molecule has 4 rings (SSSR count). The van der Waals surface area contributed by atoms with Gasteiger partial charge in [0.15, 0.2) is 5.82 Å². The number of nitrogens with one attached hydrogen (secondary N) is 1. The van der Waals surface area contributed by atoms with Crippen molar-refractivity contribution >= 4 is 34.0 Å². The minimum atomic E-state index is 0.0204. The summed E-state index contributed by atoms with van der Waals surface area (Å²) in [5.74, 6) is 1.64. The van der Waals surface area contributed by atoms with Crippen molar-refractivity contribution in [3.8, 4) is 10.7 Å². The number of rotatable bonds is 12. The number of aromatic nitrogens is 2. The monoisotopic (exact) mass is 483 g/mol. The molecule has 1 aliphatic rings. The van der Waals surface area contributed by atoms with Gasteiger partial charge in [-0.25, -0.2) is 9.97 Å². The molecule has 0 aliphatic carbocycles. The highest BCUT2D eigenvalue weighted by Crippen LogP contribution is 2.29. The predicted molar refractivity (Wildman–Crippen MR) is 136 cm³/mol. The van der Waals surface area contributed by atoms with Crippen LogP contribution in [0.3, 0.4) is 0 Å². The highest BCUT2D eigenvalue weighted by atomic mass is 32.1. The number of thiophene rings is 1. The van der Waals surface area contributed by atoms with Gasteiger partial charge in [-0.1, -0.05) is 18.2 Å². The fraction of sp³-hybridized carbons (Fsp3) is 0.480. The van der Waals surface area contributed by atoms with Gasteiger partial charge in [0.05, 0.1) is 30.2 Å². The zero-order valence-corrected chi connectivity index (χ0v) is 20.6. The molecule has 9 heteroatoms. The molecule has 0 bridgehead atoms. The molecule has 1 amide bonds. The Hall–Kier alpha value is -2.59. The standard InChI is InChI=1S/C25H33N5O3S/c1-32-16-10-26-23(31)9-13-30(12-5-11-29-14-17-33-18-15-29)25-20-6-2-3-7-21(20)27-24(28-25)22-8-4-19-34-22/h2-4,6-8,19H,5,9-18H2,1H3,(H,26,31). The fourth-order valence-corrected chi connectivity index (χ4v) is 4.73. The van der Waals surface area contributed by atoms with Gasteiger partial charge in [-0.2, -0.15) is 0 Å². The lowest BCUT2D eigenvalue weighted by Crippen LogP contribution is -2.39. The normalized spacial score (nSPS) is 14.4. The fourth-order valence-electron chi connectivity index (χ4n) is 4.07. The molecule has 1 aromatic carbocycles. The highest BCUT2D eigenvalue weighted by molar-refractivity contribution is 7.13. The van der Waals surface area contributed by atoms with Crippen LogP contribution in [0.1, 0.15) is 12.8 Å². The maximum absolute atomic E-state index is 12.4. The zero-order chi connectivity index (χ0) is 23.6. The molecular weight excluding hydrogens is 450 g/mol. The molecule has 0 spiro atoms. The van der Waals surface area contributed by atoms with Crippen molar-refractivity contribution < 1.29 is 14.3 Å². The number of nitrogens with zero attached hydrogens (tertiary/aromatic N) is 4. The number of carbonyl (C=O) groups excluding carboxylic acids is 1. The average Bonchev–Trinajstić information content (AvgIpc) is 3.41. The van der Waals surface area contributed by atoms with E-state index in [1.807, 2.05) is 35.7 Å². The Morgan fingerprint density at radius 1 is 1.18 bits per heavy atom. The van der Waals surface area contributed by atoms with Crippen molar-refractivity contribution in [1.29, 1.82) is 0 Å². The van der Waals surface area contributed by atoms with Gasteiger partial charge in [-0.3, -0.25) is 9.69 Å². The van der Waals surface area contributed by atoms with E-state index in [1.165, 1.54) is 0 Å². The molecule has 182 valence electrons. The summed E-state index contributed by atoms with van der Waals surface area (Å²) in [7, 11) is 1.63. The van der Waals surface area contributed by atoms with E-state index in [1.54, 1.807) is 18.4 Å². The zero-order valence-electron chi connectivity index (χ0n) is 19.7. The summed E-state index contributed by atoms with van der Waals surface area (Å²) in [4.78, 5) is 28.0. The number of anilines is 1. The number of methoxy groups -OCH3 is 1. The van der Waals surface area contributed by atoms with Crippen LogP contribution in [0, 0.1) is 0 Å². The quantitative estimate of drug-likeness (QED) is 0.397. The highest BCUT2D eigenvalue weighted by Gasteiger charge is 2.18. The summed E-state index contributed by atoms with van der Waals surface area (Å²) in [6, 6.07) is 12.2. The number of carbonyl (C=O) groups is 1. The topological polar surface area (TPSA) is 79.8 Å². The maximum atomic E-state index is 12.4. The molecule has 1 N–H and O–H groups in total.